The summed E-state index contributed by atoms with van der Waals surface area (Å²) in [7, 11) is 0. The Morgan fingerprint density at radius 2 is 2.14 bits per heavy atom. The molecular formula is C10H18N4. The van der Waals surface area contributed by atoms with Crippen molar-refractivity contribution in [1.29, 1.82) is 0 Å². The molecule has 78 valence electrons. The number of anilines is 1. The number of rotatable bonds is 2. The van der Waals surface area contributed by atoms with E-state index in [1.165, 1.54) is 25.7 Å². The lowest BCUT2D eigenvalue weighted by Crippen LogP contribution is -2.18. The monoisotopic (exact) mass is 194 g/mol. The fraction of sp³-hybridized carbons (Fsp3) is 0.800. The van der Waals surface area contributed by atoms with Gasteiger partial charge in [0, 0.05) is 6.54 Å². The molecule has 4 heteroatoms. The molecule has 14 heavy (non-hydrogen) atoms. The van der Waals surface area contributed by atoms with E-state index in [0.29, 0.717) is 5.95 Å². The number of hydrogen-bond acceptors (Lipinski definition) is 3. The van der Waals surface area contributed by atoms with Gasteiger partial charge in [-0.05, 0) is 24.7 Å². The van der Waals surface area contributed by atoms with Crippen LogP contribution in [0, 0.1) is 11.8 Å². The van der Waals surface area contributed by atoms with E-state index in [9.17, 15) is 0 Å². The van der Waals surface area contributed by atoms with E-state index < -0.39 is 0 Å². The SMILES string of the molecule is CC1CCC(Cn2cnc(N)n2)CC1. The van der Waals surface area contributed by atoms with Crippen LogP contribution >= 0.6 is 0 Å². The minimum absolute atomic E-state index is 0.383. The van der Waals surface area contributed by atoms with Gasteiger partial charge in [-0.3, -0.25) is 4.68 Å². The van der Waals surface area contributed by atoms with Crippen molar-refractivity contribution in [2.24, 2.45) is 11.8 Å². The van der Waals surface area contributed by atoms with E-state index in [-0.39, 0.29) is 0 Å². The first-order chi connectivity index (χ1) is 6.74. The molecule has 0 aliphatic heterocycles. The standard InChI is InChI=1S/C10H18N4/c1-8-2-4-9(5-3-8)6-14-7-12-10(11)13-14/h7-9H,2-6H2,1H3,(H2,11,13). The third kappa shape index (κ3) is 2.25. The van der Waals surface area contributed by atoms with Crippen molar-refractivity contribution in [2.45, 2.75) is 39.2 Å². The Kier molecular flexibility index (Phi) is 2.70. The maximum absolute atomic E-state index is 5.46. The van der Waals surface area contributed by atoms with Crippen LogP contribution < -0.4 is 5.73 Å². The summed E-state index contributed by atoms with van der Waals surface area (Å²) in [5.41, 5.74) is 5.46. The summed E-state index contributed by atoms with van der Waals surface area (Å²) in [4.78, 5) is 3.93. The van der Waals surface area contributed by atoms with E-state index in [2.05, 4.69) is 17.0 Å². The van der Waals surface area contributed by atoms with Gasteiger partial charge in [-0.2, -0.15) is 0 Å². The molecule has 0 spiro atoms. The lowest BCUT2D eigenvalue weighted by molar-refractivity contribution is 0.258. The summed E-state index contributed by atoms with van der Waals surface area (Å²) in [6, 6.07) is 0. The van der Waals surface area contributed by atoms with Gasteiger partial charge in [0.05, 0.1) is 0 Å². The summed E-state index contributed by atoms with van der Waals surface area (Å²) >= 11 is 0. The Hall–Kier alpha value is -1.06. The fourth-order valence-electron chi connectivity index (χ4n) is 2.17. The van der Waals surface area contributed by atoms with Crippen LogP contribution in [-0.4, -0.2) is 14.8 Å². The largest absolute Gasteiger partial charge is 0.367 e. The van der Waals surface area contributed by atoms with Crippen LogP contribution in [0.3, 0.4) is 0 Å². The zero-order valence-electron chi connectivity index (χ0n) is 8.69. The van der Waals surface area contributed by atoms with Crippen molar-refractivity contribution >= 4 is 5.95 Å². The van der Waals surface area contributed by atoms with E-state index in [0.717, 1.165) is 18.4 Å². The number of nitrogens with two attached hydrogens (primary N) is 1. The molecule has 0 amide bonds. The van der Waals surface area contributed by atoms with E-state index in [1.807, 2.05) is 4.68 Å². The molecule has 2 rings (SSSR count). The molecule has 1 aliphatic carbocycles. The molecule has 1 fully saturated rings. The third-order valence-electron chi connectivity index (χ3n) is 3.13. The maximum Gasteiger partial charge on any atom is 0.239 e. The molecule has 0 radical (unpaired) electrons. The molecule has 0 bridgehead atoms. The Bertz CT molecular complexity index is 286. The topological polar surface area (TPSA) is 56.7 Å². The molecule has 1 aromatic rings. The summed E-state index contributed by atoms with van der Waals surface area (Å²) in [6.45, 7) is 3.32. The minimum Gasteiger partial charge on any atom is -0.367 e. The average molecular weight is 194 g/mol. The highest BCUT2D eigenvalue weighted by Gasteiger charge is 2.18. The second-order valence-corrected chi connectivity index (χ2v) is 4.45. The lowest BCUT2D eigenvalue weighted by atomic mass is 9.83. The molecule has 0 aromatic carbocycles. The Balaban J connectivity index is 1.86. The average Bonchev–Trinajstić information content (AvgIpc) is 2.56. The molecule has 4 nitrogen and oxygen atoms in total. The van der Waals surface area contributed by atoms with Gasteiger partial charge >= 0.3 is 0 Å². The highest BCUT2D eigenvalue weighted by Crippen LogP contribution is 2.28. The predicted molar refractivity (Wildman–Crippen MR) is 55.6 cm³/mol. The number of nitrogen functional groups attached to an aromatic ring is 1. The lowest BCUT2D eigenvalue weighted by Gasteiger charge is -2.25. The van der Waals surface area contributed by atoms with Crippen molar-refractivity contribution in [3.05, 3.63) is 6.33 Å². The van der Waals surface area contributed by atoms with Crippen LogP contribution in [0.5, 0.6) is 0 Å². The Morgan fingerprint density at radius 1 is 1.43 bits per heavy atom. The predicted octanol–water partition coefficient (Wildman–Crippen LogP) is 1.69. The molecule has 1 aromatic heterocycles. The molecule has 0 unspecified atom stereocenters. The first-order valence-corrected chi connectivity index (χ1v) is 5.39. The first kappa shape index (κ1) is 9.49. The zero-order valence-corrected chi connectivity index (χ0v) is 8.69. The van der Waals surface area contributed by atoms with Crippen LogP contribution in [0.15, 0.2) is 6.33 Å². The third-order valence-corrected chi connectivity index (χ3v) is 3.13. The van der Waals surface area contributed by atoms with Gasteiger partial charge in [0.1, 0.15) is 6.33 Å². The smallest absolute Gasteiger partial charge is 0.239 e. The van der Waals surface area contributed by atoms with Crippen LogP contribution in [0.25, 0.3) is 0 Å². The van der Waals surface area contributed by atoms with E-state index >= 15 is 0 Å². The fourth-order valence-corrected chi connectivity index (χ4v) is 2.17. The molecular weight excluding hydrogens is 176 g/mol. The number of aromatic nitrogens is 3. The summed E-state index contributed by atoms with van der Waals surface area (Å²) in [5, 5.41) is 4.11. The van der Waals surface area contributed by atoms with Gasteiger partial charge < -0.3 is 5.73 Å². The van der Waals surface area contributed by atoms with Crippen molar-refractivity contribution in [2.75, 3.05) is 5.73 Å². The van der Waals surface area contributed by atoms with Crippen LogP contribution in [0.4, 0.5) is 5.95 Å². The summed E-state index contributed by atoms with van der Waals surface area (Å²) in [5.74, 6) is 2.06. The second kappa shape index (κ2) is 3.98. The molecule has 0 saturated heterocycles. The quantitative estimate of drug-likeness (QED) is 0.779. The van der Waals surface area contributed by atoms with Gasteiger partial charge in [-0.15, -0.1) is 5.10 Å². The molecule has 1 saturated carbocycles. The van der Waals surface area contributed by atoms with E-state index in [4.69, 9.17) is 5.73 Å². The first-order valence-electron chi connectivity index (χ1n) is 5.39. The van der Waals surface area contributed by atoms with Gasteiger partial charge in [0.2, 0.25) is 5.95 Å². The second-order valence-electron chi connectivity index (χ2n) is 4.45. The molecule has 2 N–H and O–H groups in total. The van der Waals surface area contributed by atoms with Crippen molar-refractivity contribution < 1.29 is 0 Å². The van der Waals surface area contributed by atoms with Gasteiger partial charge in [0.15, 0.2) is 0 Å². The number of hydrogen-bond donors (Lipinski definition) is 1. The Morgan fingerprint density at radius 3 is 2.71 bits per heavy atom. The molecule has 1 aliphatic rings. The van der Waals surface area contributed by atoms with Gasteiger partial charge in [0.25, 0.3) is 0 Å². The molecule has 0 atom stereocenters. The highest BCUT2D eigenvalue weighted by molar-refractivity contribution is 5.09. The van der Waals surface area contributed by atoms with E-state index in [1.54, 1.807) is 6.33 Å². The van der Waals surface area contributed by atoms with Crippen LogP contribution in [0.2, 0.25) is 0 Å². The highest BCUT2D eigenvalue weighted by atomic mass is 15.4. The van der Waals surface area contributed by atoms with Crippen LogP contribution in [-0.2, 0) is 6.54 Å². The van der Waals surface area contributed by atoms with Crippen LogP contribution in [0.1, 0.15) is 32.6 Å². The normalized spacial score (nSPS) is 27.8. The van der Waals surface area contributed by atoms with Gasteiger partial charge in [-0.25, -0.2) is 4.98 Å². The maximum atomic E-state index is 5.46. The van der Waals surface area contributed by atoms with Crippen molar-refractivity contribution in [3.8, 4) is 0 Å². The summed E-state index contributed by atoms with van der Waals surface area (Å²) in [6.07, 6.45) is 7.08. The van der Waals surface area contributed by atoms with Gasteiger partial charge in [-0.1, -0.05) is 19.8 Å². The Labute approximate surface area is 84.5 Å². The summed E-state index contributed by atoms with van der Waals surface area (Å²) < 4.78 is 1.87. The van der Waals surface area contributed by atoms with Crippen molar-refractivity contribution in [3.63, 3.8) is 0 Å². The number of nitrogens with zero attached hydrogens (tertiary/aromatic N) is 3. The zero-order chi connectivity index (χ0) is 9.97. The van der Waals surface area contributed by atoms with Crippen molar-refractivity contribution in [1.82, 2.24) is 14.8 Å². The molecule has 1 heterocycles. The minimum atomic E-state index is 0.383.